The Morgan fingerprint density at radius 1 is 1.00 bits per heavy atom. The minimum absolute atomic E-state index is 0.0659. The fourth-order valence-corrected chi connectivity index (χ4v) is 6.86. The number of likely N-dealkylation sites (tertiary alicyclic amines) is 1. The molecule has 0 bridgehead atoms. The van der Waals surface area contributed by atoms with E-state index in [9.17, 15) is 23.1 Å². The highest BCUT2D eigenvalue weighted by Crippen LogP contribution is 2.30. The van der Waals surface area contributed by atoms with Gasteiger partial charge >= 0.3 is 5.97 Å². The number of thioether (sulfide) groups is 1. The van der Waals surface area contributed by atoms with Crippen LogP contribution in [-0.4, -0.2) is 67.5 Å². The van der Waals surface area contributed by atoms with Gasteiger partial charge in [0.25, 0.3) is 5.91 Å². The normalized spacial score (nSPS) is 15.4. The summed E-state index contributed by atoms with van der Waals surface area (Å²) in [6.45, 7) is 4.30. The Morgan fingerprint density at radius 2 is 1.68 bits per heavy atom. The number of aryl methyl sites for hydroxylation is 1. The number of hydrogen-bond acceptors (Lipinski definition) is 6. The number of sulfonamides is 1. The third kappa shape index (κ3) is 8.19. The third-order valence-electron chi connectivity index (χ3n) is 7.35. The van der Waals surface area contributed by atoms with Crippen LogP contribution in [0.2, 0.25) is 0 Å². The van der Waals surface area contributed by atoms with Crippen molar-refractivity contribution in [3.63, 3.8) is 0 Å². The van der Waals surface area contributed by atoms with E-state index in [1.165, 1.54) is 35.5 Å². The van der Waals surface area contributed by atoms with Crippen LogP contribution in [0, 0.1) is 6.92 Å². The Hall–Kier alpha value is -3.18. The van der Waals surface area contributed by atoms with Gasteiger partial charge in [0, 0.05) is 31.2 Å². The van der Waals surface area contributed by atoms with Gasteiger partial charge in [-0.1, -0.05) is 54.6 Å². The maximum absolute atomic E-state index is 13.5. The molecule has 1 heterocycles. The van der Waals surface area contributed by atoms with Gasteiger partial charge in [-0.3, -0.25) is 9.69 Å². The van der Waals surface area contributed by atoms with Crippen molar-refractivity contribution in [2.24, 2.45) is 0 Å². The number of amides is 1. The molecule has 1 unspecified atom stereocenters. The summed E-state index contributed by atoms with van der Waals surface area (Å²) in [4.78, 5) is 27.5. The first-order valence-corrected chi connectivity index (χ1v) is 16.6. The van der Waals surface area contributed by atoms with Crippen LogP contribution in [0.3, 0.4) is 0 Å². The number of carbonyl (C=O) groups is 2. The van der Waals surface area contributed by atoms with Gasteiger partial charge in [-0.05, 0) is 78.6 Å². The van der Waals surface area contributed by atoms with Crippen molar-refractivity contribution in [2.45, 2.75) is 49.7 Å². The lowest BCUT2D eigenvalue weighted by Gasteiger charge is -2.32. The number of carboxylic acid groups (broad SMARTS) is 1. The number of nitrogens with one attached hydrogen (secondary N) is 2. The van der Waals surface area contributed by atoms with E-state index in [2.05, 4.69) is 27.1 Å². The maximum Gasteiger partial charge on any atom is 0.326 e. The highest BCUT2D eigenvalue weighted by Gasteiger charge is 2.27. The summed E-state index contributed by atoms with van der Waals surface area (Å²) in [6, 6.07) is 20.8. The molecule has 4 rings (SSSR count). The van der Waals surface area contributed by atoms with Crippen LogP contribution >= 0.6 is 11.8 Å². The van der Waals surface area contributed by atoms with Crippen LogP contribution in [0.4, 0.5) is 0 Å². The van der Waals surface area contributed by atoms with Gasteiger partial charge in [-0.2, -0.15) is 11.8 Å². The fourth-order valence-electron chi connectivity index (χ4n) is 5.05. The quantitative estimate of drug-likeness (QED) is 0.282. The second kappa shape index (κ2) is 14.1. The molecule has 1 aliphatic rings. The van der Waals surface area contributed by atoms with Gasteiger partial charge in [-0.15, -0.1) is 0 Å². The van der Waals surface area contributed by atoms with Gasteiger partial charge in [0.2, 0.25) is 10.0 Å². The van der Waals surface area contributed by atoms with Crippen molar-refractivity contribution in [3.05, 3.63) is 89.5 Å². The zero-order valence-corrected chi connectivity index (χ0v) is 25.0. The first-order chi connectivity index (χ1) is 19.7. The lowest BCUT2D eigenvalue weighted by Crippen LogP contribution is -2.44. The second-order valence-electron chi connectivity index (χ2n) is 10.3. The van der Waals surface area contributed by atoms with E-state index < -0.39 is 27.9 Å². The molecule has 1 atom stereocenters. The van der Waals surface area contributed by atoms with Gasteiger partial charge in [-0.25, -0.2) is 17.9 Å². The summed E-state index contributed by atoms with van der Waals surface area (Å²) < 4.78 is 29.9. The number of hydrogen-bond donors (Lipinski definition) is 3. The number of benzene rings is 3. The minimum Gasteiger partial charge on any atom is -0.480 e. The molecule has 3 aromatic carbocycles. The molecule has 10 heteroatoms. The van der Waals surface area contributed by atoms with Crippen molar-refractivity contribution < 1.29 is 23.1 Å². The number of carboxylic acids is 1. The Kier molecular flexibility index (Phi) is 10.6. The van der Waals surface area contributed by atoms with Gasteiger partial charge < -0.3 is 10.4 Å². The molecule has 1 amide bonds. The van der Waals surface area contributed by atoms with Gasteiger partial charge in [0.15, 0.2) is 0 Å². The van der Waals surface area contributed by atoms with E-state index in [1.54, 1.807) is 0 Å². The highest BCUT2D eigenvalue weighted by atomic mass is 32.2. The van der Waals surface area contributed by atoms with Crippen molar-refractivity contribution in [3.8, 4) is 11.1 Å². The minimum atomic E-state index is -3.87. The highest BCUT2D eigenvalue weighted by molar-refractivity contribution is 7.98. The lowest BCUT2D eigenvalue weighted by molar-refractivity contribution is -0.139. The van der Waals surface area contributed by atoms with E-state index in [0.29, 0.717) is 29.7 Å². The predicted molar refractivity (Wildman–Crippen MR) is 164 cm³/mol. The van der Waals surface area contributed by atoms with Crippen LogP contribution < -0.4 is 10.0 Å². The third-order valence-corrected chi connectivity index (χ3v) is 9.52. The van der Waals surface area contributed by atoms with Crippen LogP contribution in [-0.2, 0) is 21.4 Å². The van der Waals surface area contributed by atoms with Crippen LogP contribution in [0.1, 0.15) is 40.7 Å². The standard InChI is InChI=1S/C31H37N3O5S2/c1-22-8-6-7-11-26(22)28-20-25(12-13-27(28)30(35)32-29(31(36)37)16-19-40-2)41(38,39)33-24-14-17-34(18-15-24)21-23-9-4-3-5-10-23/h3-13,20,24,29,33H,14-19,21H2,1-2H3,(H,32,35)(H,36,37). The summed E-state index contributed by atoms with van der Waals surface area (Å²) in [5, 5.41) is 12.2. The first kappa shape index (κ1) is 30.8. The first-order valence-electron chi connectivity index (χ1n) is 13.7. The van der Waals surface area contributed by atoms with E-state index >= 15 is 0 Å². The van der Waals surface area contributed by atoms with Crippen LogP contribution in [0.5, 0.6) is 0 Å². The lowest BCUT2D eigenvalue weighted by atomic mass is 9.95. The SMILES string of the molecule is CSCCC(NC(=O)c1ccc(S(=O)(=O)NC2CCN(Cc3ccccc3)CC2)cc1-c1ccccc1C)C(=O)O. The molecule has 0 radical (unpaired) electrons. The Bertz CT molecular complexity index is 1460. The molecule has 3 N–H and O–H groups in total. The Morgan fingerprint density at radius 3 is 2.34 bits per heavy atom. The molecule has 1 aliphatic heterocycles. The largest absolute Gasteiger partial charge is 0.480 e. The molecule has 0 saturated carbocycles. The molecular formula is C31H37N3O5S2. The van der Waals surface area contributed by atoms with Gasteiger partial charge in [0.05, 0.1) is 4.90 Å². The molecular weight excluding hydrogens is 558 g/mol. The molecule has 41 heavy (non-hydrogen) atoms. The van der Waals surface area contributed by atoms with Crippen molar-refractivity contribution in [1.29, 1.82) is 0 Å². The summed E-state index contributed by atoms with van der Waals surface area (Å²) in [5.74, 6) is -1.09. The fraction of sp³-hybridized carbons (Fsp3) is 0.355. The zero-order chi connectivity index (χ0) is 29.4. The number of carbonyl (C=O) groups excluding carboxylic acids is 1. The van der Waals surface area contributed by atoms with Crippen molar-refractivity contribution in [2.75, 3.05) is 25.1 Å². The average molecular weight is 596 g/mol. The van der Waals surface area contributed by atoms with E-state index in [0.717, 1.165) is 25.2 Å². The molecule has 0 spiro atoms. The molecule has 0 aliphatic carbocycles. The molecule has 3 aromatic rings. The second-order valence-corrected chi connectivity index (χ2v) is 13.0. The number of rotatable bonds is 12. The Balaban J connectivity index is 1.54. The summed E-state index contributed by atoms with van der Waals surface area (Å²) in [7, 11) is -3.87. The predicted octanol–water partition coefficient (Wildman–Crippen LogP) is 4.54. The smallest absolute Gasteiger partial charge is 0.326 e. The molecule has 8 nitrogen and oxygen atoms in total. The number of piperidine rings is 1. The van der Waals surface area contributed by atoms with E-state index in [4.69, 9.17) is 0 Å². The number of aliphatic carboxylic acids is 1. The van der Waals surface area contributed by atoms with E-state index in [1.807, 2.05) is 55.6 Å². The van der Waals surface area contributed by atoms with Crippen molar-refractivity contribution in [1.82, 2.24) is 14.9 Å². The molecule has 1 fully saturated rings. The van der Waals surface area contributed by atoms with E-state index in [-0.39, 0.29) is 22.9 Å². The Labute approximate surface area is 246 Å². The molecule has 1 saturated heterocycles. The topological polar surface area (TPSA) is 116 Å². The van der Waals surface area contributed by atoms with Crippen LogP contribution in [0.15, 0.2) is 77.7 Å². The maximum atomic E-state index is 13.5. The summed E-state index contributed by atoms with van der Waals surface area (Å²) >= 11 is 1.50. The molecule has 218 valence electrons. The van der Waals surface area contributed by atoms with Crippen molar-refractivity contribution >= 4 is 33.7 Å². The van der Waals surface area contributed by atoms with Crippen LogP contribution in [0.25, 0.3) is 11.1 Å². The summed E-state index contributed by atoms with van der Waals surface area (Å²) in [6.07, 6.45) is 3.55. The monoisotopic (exact) mass is 595 g/mol. The number of nitrogens with zero attached hydrogens (tertiary/aromatic N) is 1. The molecule has 0 aromatic heterocycles. The van der Waals surface area contributed by atoms with Gasteiger partial charge in [0.1, 0.15) is 6.04 Å². The average Bonchev–Trinajstić information content (AvgIpc) is 2.96. The zero-order valence-electron chi connectivity index (χ0n) is 23.4. The summed E-state index contributed by atoms with van der Waals surface area (Å²) in [5.41, 5.74) is 3.48.